The highest BCUT2D eigenvalue weighted by atomic mass is 19.3. The summed E-state index contributed by atoms with van der Waals surface area (Å²) < 4.78 is 28.9. The number of pyridine rings is 1. The molecule has 0 spiro atoms. The summed E-state index contributed by atoms with van der Waals surface area (Å²) in [4.78, 5) is 20.6. The lowest BCUT2D eigenvalue weighted by Gasteiger charge is -2.12. The Bertz CT molecular complexity index is 919. The molecule has 8 nitrogen and oxygen atoms in total. The van der Waals surface area contributed by atoms with E-state index in [1.807, 2.05) is 13.0 Å². The Hall–Kier alpha value is -3.30. The molecule has 26 heavy (non-hydrogen) atoms. The molecule has 0 saturated heterocycles. The van der Waals surface area contributed by atoms with Crippen LogP contribution >= 0.6 is 0 Å². The third-order valence-electron chi connectivity index (χ3n) is 3.67. The number of aryl methyl sites for hydroxylation is 2. The number of hydrogen-bond donors (Lipinski definition) is 2. The lowest BCUT2D eigenvalue weighted by atomic mass is 10.2. The minimum atomic E-state index is -2.78. The van der Waals surface area contributed by atoms with Gasteiger partial charge in [-0.1, -0.05) is 6.07 Å². The van der Waals surface area contributed by atoms with Crippen molar-refractivity contribution in [2.75, 3.05) is 5.32 Å². The molecule has 2 N–H and O–H groups in total. The van der Waals surface area contributed by atoms with Gasteiger partial charge in [0.05, 0.1) is 5.69 Å². The van der Waals surface area contributed by atoms with Crippen LogP contribution in [0.4, 0.5) is 19.3 Å². The van der Waals surface area contributed by atoms with Crippen molar-refractivity contribution in [1.82, 2.24) is 29.6 Å². The number of alkyl halides is 2. The summed E-state index contributed by atoms with van der Waals surface area (Å²) in [6.07, 6.45) is 3.61. The maximum Gasteiger partial charge on any atom is 0.319 e. The Balaban J connectivity index is 1.71. The summed E-state index contributed by atoms with van der Waals surface area (Å²) in [6, 6.07) is 2.95. The number of urea groups is 1. The van der Waals surface area contributed by atoms with Crippen LogP contribution in [-0.2, 0) is 13.6 Å². The number of rotatable bonds is 5. The number of nitrogens with zero attached hydrogens (tertiary/aromatic N) is 5. The van der Waals surface area contributed by atoms with Gasteiger partial charge in [-0.2, -0.15) is 5.10 Å². The molecule has 3 heterocycles. The van der Waals surface area contributed by atoms with Crippen LogP contribution in [0.5, 0.6) is 0 Å². The van der Waals surface area contributed by atoms with Gasteiger partial charge in [-0.05, 0) is 13.0 Å². The van der Waals surface area contributed by atoms with Gasteiger partial charge in [0.25, 0.3) is 6.43 Å². The summed E-state index contributed by atoms with van der Waals surface area (Å²) in [5.41, 5.74) is 0.250. The fourth-order valence-electron chi connectivity index (χ4n) is 2.49. The molecule has 0 atom stereocenters. The van der Waals surface area contributed by atoms with E-state index < -0.39 is 18.2 Å². The molecule has 0 radical (unpaired) electrons. The first kappa shape index (κ1) is 17.5. The van der Waals surface area contributed by atoms with Crippen molar-refractivity contribution < 1.29 is 13.6 Å². The molecule has 0 aliphatic carbocycles. The topological polar surface area (TPSA) is 89.7 Å². The second-order valence-electron chi connectivity index (χ2n) is 5.54. The monoisotopic (exact) mass is 361 g/mol. The fourth-order valence-corrected chi connectivity index (χ4v) is 2.49. The van der Waals surface area contributed by atoms with Gasteiger partial charge in [-0.25, -0.2) is 23.5 Å². The summed E-state index contributed by atoms with van der Waals surface area (Å²) in [5.74, 6) is 1.39. The van der Waals surface area contributed by atoms with Crippen molar-refractivity contribution in [2.24, 2.45) is 7.05 Å². The first-order valence-electron chi connectivity index (χ1n) is 7.76. The average molecular weight is 361 g/mol. The number of imidazole rings is 1. The SMILES string of the molecule is Cc1nccn1-c1ncccc1CNC(=O)Nc1cn(C)nc1C(F)F. The molecule has 10 heteroatoms. The molecular weight excluding hydrogens is 344 g/mol. The van der Waals surface area contributed by atoms with Gasteiger partial charge in [0.15, 0.2) is 5.69 Å². The maximum absolute atomic E-state index is 12.9. The number of nitrogens with one attached hydrogen (secondary N) is 2. The number of carbonyl (C=O) groups excluding carboxylic acids is 1. The highest BCUT2D eigenvalue weighted by Gasteiger charge is 2.19. The van der Waals surface area contributed by atoms with Crippen LogP contribution in [0.1, 0.15) is 23.5 Å². The van der Waals surface area contributed by atoms with E-state index in [4.69, 9.17) is 0 Å². The minimum Gasteiger partial charge on any atom is -0.334 e. The predicted octanol–water partition coefficient (Wildman–Crippen LogP) is 2.57. The quantitative estimate of drug-likeness (QED) is 0.731. The van der Waals surface area contributed by atoms with Gasteiger partial charge in [0.2, 0.25) is 0 Å². The van der Waals surface area contributed by atoms with E-state index in [-0.39, 0.29) is 12.2 Å². The van der Waals surface area contributed by atoms with Crippen LogP contribution in [0.25, 0.3) is 5.82 Å². The molecule has 0 unspecified atom stereocenters. The third-order valence-corrected chi connectivity index (χ3v) is 3.67. The molecule has 3 aromatic rings. The number of hydrogen-bond acceptors (Lipinski definition) is 4. The van der Waals surface area contributed by atoms with Crippen molar-refractivity contribution in [2.45, 2.75) is 19.9 Å². The molecule has 3 aromatic heterocycles. The van der Waals surface area contributed by atoms with Crippen LogP contribution < -0.4 is 10.6 Å². The molecule has 3 rings (SSSR count). The van der Waals surface area contributed by atoms with Gasteiger partial charge in [0, 0.05) is 43.9 Å². The minimum absolute atomic E-state index is 0.0307. The lowest BCUT2D eigenvalue weighted by molar-refractivity contribution is 0.146. The largest absolute Gasteiger partial charge is 0.334 e. The van der Waals surface area contributed by atoms with Crippen LogP contribution in [0, 0.1) is 6.92 Å². The standard InChI is InChI=1S/C16H17F2N7O/c1-10-19-6-7-25(10)15-11(4-3-5-20-15)8-21-16(26)22-12-9-24(2)23-13(12)14(17)18/h3-7,9,14H,8H2,1-2H3,(H2,21,22,26). The van der Waals surface area contributed by atoms with E-state index in [9.17, 15) is 13.6 Å². The Morgan fingerprint density at radius 2 is 2.12 bits per heavy atom. The number of carbonyl (C=O) groups is 1. The zero-order valence-corrected chi connectivity index (χ0v) is 14.1. The van der Waals surface area contributed by atoms with E-state index >= 15 is 0 Å². The van der Waals surface area contributed by atoms with Crippen molar-refractivity contribution >= 4 is 11.7 Å². The normalized spacial score (nSPS) is 11.0. The third kappa shape index (κ3) is 3.68. The van der Waals surface area contributed by atoms with Crippen LogP contribution in [0.3, 0.4) is 0 Å². The summed E-state index contributed by atoms with van der Waals surface area (Å²) >= 11 is 0. The first-order chi connectivity index (χ1) is 12.5. The molecule has 0 aliphatic rings. The van der Waals surface area contributed by atoms with E-state index in [1.165, 1.54) is 17.9 Å². The fraction of sp³-hybridized carbons (Fsp3) is 0.250. The summed E-state index contributed by atoms with van der Waals surface area (Å²) in [6.45, 7) is 2.00. The van der Waals surface area contributed by atoms with E-state index in [0.29, 0.717) is 5.82 Å². The maximum atomic E-state index is 12.9. The van der Waals surface area contributed by atoms with Gasteiger partial charge in [-0.15, -0.1) is 0 Å². The molecule has 0 aliphatic heterocycles. The Morgan fingerprint density at radius 3 is 2.81 bits per heavy atom. The van der Waals surface area contributed by atoms with E-state index in [1.54, 1.807) is 29.2 Å². The lowest BCUT2D eigenvalue weighted by Crippen LogP contribution is -2.29. The molecule has 0 fully saturated rings. The Kier molecular flexibility index (Phi) is 4.92. The number of aromatic nitrogens is 5. The zero-order valence-electron chi connectivity index (χ0n) is 14.1. The molecule has 2 amide bonds. The van der Waals surface area contributed by atoms with Crippen LogP contribution in [0.2, 0.25) is 0 Å². The second-order valence-corrected chi connectivity index (χ2v) is 5.54. The van der Waals surface area contributed by atoms with E-state index in [2.05, 4.69) is 25.7 Å². The van der Waals surface area contributed by atoms with Crippen LogP contribution in [-0.4, -0.2) is 30.3 Å². The highest BCUT2D eigenvalue weighted by molar-refractivity contribution is 5.89. The Labute approximate surface area is 147 Å². The molecule has 0 saturated carbocycles. The van der Waals surface area contributed by atoms with Crippen molar-refractivity contribution in [3.63, 3.8) is 0 Å². The van der Waals surface area contributed by atoms with Crippen LogP contribution in [0.15, 0.2) is 36.9 Å². The van der Waals surface area contributed by atoms with Crippen molar-refractivity contribution in [3.05, 3.63) is 54.0 Å². The number of anilines is 1. The zero-order chi connectivity index (χ0) is 18.7. The average Bonchev–Trinajstić information content (AvgIpc) is 3.19. The number of amides is 2. The summed E-state index contributed by atoms with van der Waals surface area (Å²) in [5, 5.41) is 8.68. The molecule has 136 valence electrons. The van der Waals surface area contributed by atoms with Gasteiger partial charge in [-0.3, -0.25) is 9.25 Å². The predicted molar refractivity (Wildman–Crippen MR) is 90.1 cm³/mol. The van der Waals surface area contributed by atoms with Gasteiger partial charge >= 0.3 is 6.03 Å². The van der Waals surface area contributed by atoms with E-state index in [0.717, 1.165) is 11.4 Å². The Morgan fingerprint density at radius 1 is 1.31 bits per heavy atom. The first-order valence-corrected chi connectivity index (χ1v) is 7.76. The second kappa shape index (κ2) is 7.30. The van der Waals surface area contributed by atoms with Gasteiger partial charge in [0.1, 0.15) is 11.6 Å². The van der Waals surface area contributed by atoms with Crippen molar-refractivity contribution in [3.8, 4) is 5.82 Å². The molecule has 0 bridgehead atoms. The summed E-state index contributed by atoms with van der Waals surface area (Å²) in [7, 11) is 1.50. The molecular formula is C16H17F2N7O. The highest BCUT2D eigenvalue weighted by Crippen LogP contribution is 2.25. The van der Waals surface area contributed by atoms with Gasteiger partial charge < -0.3 is 10.6 Å². The van der Waals surface area contributed by atoms with Crippen molar-refractivity contribution in [1.29, 1.82) is 0 Å². The molecule has 0 aromatic carbocycles. The smallest absolute Gasteiger partial charge is 0.319 e. The number of halogens is 2.